The van der Waals surface area contributed by atoms with Crippen LogP contribution in [0.3, 0.4) is 0 Å². The van der Waals surface area contributed by atoms with E-state index in [1.807, 2.05) is 6.92 Å². The first-order valence-electron chi connectivity index (χ1n) is 13.0. The van der Waals surface area contributed by atoms with Gasteiger partial charge in [-0.3, -0.25) is 19.1 Å². The number of sulfonamides is 1. The summed E-state index contributed by atoms with van der Waals surface area (Å²) in [4.78, 5) is 35.3. The minimum absolute atomic E-state index is 0.0602. The summed E-state index contributed by atoms with van der Waals surface area (Å²) in [7, 11) is -3.86. The third kappa shape index (κ3) is 6.10. The quantitative estimate of drug-likeness (QED) is 0.205. The first kappa shape index (κ1) is 28.3. The summed E-state index contributed by atoms with van der Waals surface area (Å²) in [5.41, 5.74) is 0.700. The zero-order chi connectivity index (χ0) is 29.1. The highest BCUT2D eigenvalue weighted by atomic mass is 35.5. The molecule has 0 saturated heterocycles. The highest BCUT2D eigenvalue weighted by Crippen LogP contribution is 2.30. The number of nitrogens with one attached hydrogen (secondary N) is 3. The van der Waals surface area contributed by atoms with Crippen molar-refractivity contribution >= 4 is 38.5 Å². The summed E-state index contributed by atoms with van der Waals surface area (Å²) in [6, 6.07) is 18.8. The largest absolute Gasteiger partial charge is 0.336 e. The van der Waals surface area contributed by atoms with E-state index in [1.165, 1.54) is 34.9 Å². The molecule has 0 amide bonds. The van der Waals surface area contributed by atoms with Crippen LogP contribution in [0.4, 0.5) is 10.1 Å². The number of H-pyrrole nitrogens is 2. The molecule has 3 aromatic carbocycles. The summed E-state index contributed by atoms with van der Waals surface area (Å²) in [5.74, 6) is -0.562. The molecule has 3 N–H and O–H groups in total. The molecule has 0 aliphatic heterocycles. The lowest BCUT2D eigenvalue weighted by molar-refractivity contribution is 0.597. The van der Waals surface area contributed by atoms with Crippen LogP contribution in [-0.2, 0) is 23.0 Å². The normalized spacial score (nSPS) is 12.5. The summed E-state index contributed by atoms with van der Waals surface area (Å²) in [6.45, 7) is 2.38. The molecule has 0 saturated carbocycles. The monoisotopic (exact) mass is 595 g/mol. The zero-order valence-corrected chi connectivity index (χ0v) is 23.6. The fourth-order valence-corrected chi connectivity index (χ4v) is 5.80. The molecule has 2 aromatic heterocycles. The zero-order valence-electron chi connectivity index (χ0n) is 22.0. The van der Waals surface area contributed by atoms with Gasteiger partial charge in [0.25, 0.3) is 15.6 Å². The Morgan fingerprint density at radius 1 is 1.00 bits per heavy atom. The Balaban J connectivity index is 1.54. The Kier molecular flexibility index (Phi) is 8.09. The summed E-state index contributed by atoms with van der Waals surface area (Å²) >= 11 is 5.88. The summed E-state index contributed by atoms with van der Waals surface area (Å²) < 4.78 is 44.3. The molecule has 1 atom stereocenters. The number of hydrogen-bond acceptors (Lipinski definition) is 5. The molecule has 1 unspecified atom stereocenters. The van der Waals surface area contributed by atoms with E-state index in [1.54, 1.807) is 42.5 Å². The Labute approximate surface area is 240 Å². The van der Waals surface area contributed by atoms with Gasteiger partial charge in [-0.1, -0.05) is 55.3 Å². The molecule has 5 rings (SSSR count). The molecule has 0 spiro atoms. The molecule has 2 heterocycles. The lowest BCUT2D eigenvalue weighted by atomic mass is 9.91. The molecule has 0 fully saturated rings. The van der Waals surface area contributed by atoms with E-state index >= 15 is 0 Å². The van der Waals surface area contributed by atoms with Crippen molar-refractivity contribution in [2.24, 2.45) is 0 Å². The third-order valence-corrected chi connectivity index (χ3v) is 8.44. The molecular weight excluding hydrogens is 569 g/mol. The number of rotatable bonds is 10. The van der Waals surface area contributed by atoms with Gasteiger partial charge in [0, 0.05) is 23.2 Å². The fourth-order valence-electron chi connectivity index (χ4n) is 4.62. The van der Waals surface area contributed by atoms with Gasteiger partial charge >= 0.3 is 5.69 Å². The lowest BCUT2D eigenvalue weighted by Crippen LogP contribution is -2.30. The van der Waals surface area contributed by atoms with Crippen molar-refractivity contribution in [3.05, 3.63) is 121 Å². The number of nitrogens with zero attached hydrogens (tertiary/aromatic N) is 2. The van der Waals surface area contributed by atoms with E-state index in [0.29, 0.717) is 34.2 Å². The average molecular weight is 596 g/mol. The van der Waals surface area contributed by atoms with Crippen LogP contribution < -0.4 is 16.0 Å². The smallest absolute Gasteiger partial charge is 0.330 e. The Morgan fingerprint density at radius 2 is 1.71 bits per heavy atom. The first-order chi connectivity index (χ1) is 19.7. The Bertz CT molecular complexity index is 1920. The second kappa shape index (κ2) is 11.7. The van der Waals surface area contributed by atoms with Gasteiger partial charge in [-0.2, -0.15) is 0 Å². The molecule has 9 nitrogen and oxygen atoms in total. The van der Waals surface area contributed by atoms with Crippen molar-refractivity contribution < 1.29 is 12.8 Å². The van der Waals surface area contributed by atoms with E-state index in [-0.39, 0.29) is 22.5 Å². The van der Waals surface area contributed by atoms with E-state index in [9.17, 15) is 22.4 Å². The van der Waals surface area contributed by atoms with Crippen LogP contribution in [0.1, 0.15) is 42.6 Å². The molecule has 5 aromatic rings. The van der Waals surface area contributed by atoms with Gasteiger partial charge in [0.15, 0.2) is 5.65 Å². The molecule has 0 radical (unpaired) electrons. The van der Waals surface area contributed by atoms with Gasteiger partial charge in [-0.15, -0.1) is 0 Å². The highest BCUT2D eigenvalue weighted by Gasteiger charge is 2.23. The predicted octanol–water partition coefficient (Wildman–Crippen LogP) is 5.18. The summed E-state index contributed by atoms with van der Waals surface area (Å²) in [6.07, 6.45) is 1.75. The molecule has 0 aliphatic rings. The topological polar surface area (TPSA) is 130 Å². The maximum absolute atomic E-state index is 14.7. The number of benzene rings is 3. The van der Waals surface area contributed by atoms with Crippen molar-refractivity contribution in [2.75, 3.05) is 4.72 Å². The highest BCUT2D eigenvalue weighted by molar-refractivity contribution is 7.92. The number of aromatic amines is 2. The van der Waals surface area contributed by atoms with Gasteiger partial charge < -0.3 is 4.98 Å². The molecule has 0 aliphatic carbocycles. The number of aryl methyl sites for hydroxylation is 1. The van der Waals surface area contributed by atoms with Gasteiger partial charge in [-0.25, -0.2) is 22.6 Å². The van der Waals surface area contributed by atoms with Gasteiger partial charge in [0.1, 0.15) is 17.2 Å². The van der Waals surface area contributed by atoms with Crippen LogP contribution >= 0.6 is 11.6 Å². The van der Waals surface area contributed by atoms with Crippen LogP contribution in [0, 0.1) is 5.82 Å². The number of hydrogen-bond donors (Lipinski definition) is 3. The summed E-state index contributed by atoms with van der Waals surface area (Å²) in [5, 5.41) is 0.420. The molecule has 41 heavy (non-hydrogen) atoms. The Hall–Kier alpha value is -4.22. The lowest BCUT2D eigenvalue weighted by Gasteiger charge is -2.17. The number of aromatic nitrogens is 4. The van der Waals surface area contributed by atoms with E-state index < -0.39 is 33.0 Å². The van der Waals surface area contributed by atoms with Crippen LogP contribution in [-0.4, -0.2) is 27.9 Å². The average Bonchev–Trinajstić information content (AvgIpc) is 3.39. The van der Waals surface area contributed by atoms with Crippen LogP contribution in [0.2, 0.25) is 5.02 Å². The van der Waals surface area contributed by atoms with Crippen LogP contribution in [0.25, 0.3) is 11.2 Å². The van der Waals surface area contributed by atoms with Gasteiger partial charge in [0.2, 0.25) is 0 Å². The minimum atomic E-state index is -3.86. The van der Waals surface area contributed by atoms with Crippen molar-refractivity contribution in [3.8, 4) is 0 Å². The first-order valence-corrected chi connectivity index (χ1v) is 14.9. The predicted molar refractivity (Wildman–Crippen MR) is 157 cm³/mol. The Morgan fingerprint density at radius 3 is 2.39 bits per heavy atom. The van der Waals surface area contributed by atoms with Crippen LogP contribution in [0.15, 0.2) is 87.3 Å². The van der Waals surface area contributed by atoms with E-state index in [4.69, 9.17) is 11.6 Å². The van der Waals surface area contributed by atoms with Crippen molar-refractivity contribution in [2.45, 2.75) is 43.5 Å². The van der Waals surface area contributed by atoms with Crippen LogP contribution in [0.5, 0.6) is 0 Å². The number of imidazole rings is 1. The molecule has 0 bridgehead atoms. The van der Waals surface area contributed by atoms with E-state index in [2.05, 4.69) is 19.7 Å². The van der Waals surface area contributed by atoms with Gasteiger partial charge in [0.05, 0.1) is 4.90 Å². The van der Waals surface area contributed by atoms with Gasteiger partial charge in [-0.05, 0) is 66.4 Å². The van der Waals surface area contributed by atoms with E-state index in [0.717, 1.165) is 12.8 Å². The number of anilines is 1. The maximum atomic E-state index is 14.7. The molecule has 12 heteroatoms. The maximum Gasteiger partial charge on any atom is 0.330 e. The van der Waals surface area contributed by atoms with Crippen molar-refractivity contribution in [3.63, 3.8) is 0 Å². The molecule has 212 valence electrons. The fraction of sp³-hybridized carbons (Fsp3) is 0.207. The second-order valence-electron chi connectivity index (χ2n) is 9.61. The number of fused-ring (bicyclic) bond motifs is 1. The SMILES string of the molecule is CCCCn1c(=O)[nH]c(=O)c2[nH]c(C(Cc3ccccc3F)c3ccc(NS(=O)(=O)c4ccc(Cl)cc4)cc3)nc21. The second-order valence-corrected chi connectivity index (χ2v) is 11.7. The minimum Gasteiger partial charge on any atom is -0.336 e. The number of unbranched alkanes of at least 4 members (excludes halogenated alkanes) is 1. The van der Waals surface area contributed by atoms with Crippen molar-refractivity contribution in [1.29, 1.82) is 0 Å². The third-order valence-electron chi connectivity index (χ3n) is 6.79. The molecular formula is C29H27ClFN5O4S. The standard InChI is InChI=1S/C29H27ClFN5O4S/c1-2-3-16-36-27-25(28(37)34-29(36)38)32-26(33-27)23(17-19-6-4-5-7-24(19)31)18-8-12-21(13-9-18)35-41(39,40)22-14-10-20(30)11-15-22/h4-15,23,35H,2-3,16-17H2,1H3,(H,32,33)(H,34,37,38). The number of halogens is 2. The van der Waals surface area contributed by atoms with Crippen molar-refractivity contribution in [1.82, 2.24) is 19.5 Å².